The highest BCUT2D eigenvalue weighted by molar-refractivity contribution is 6.39. The summed E-state index contributed by atoms with van der Waals surface area (Å²) in [7, 11) is 2.00. The number of aromatic nitrogens is 4. The second-order valence-corrected chi connectivity index (χ2v) is 14.2. The highest BCUT2D eigenvalue weighted by Crippen LogP contribution is 2.42. The summed E-state index contributed by atoms with van der Waals surface area (Å²) in [6.07, 6.45) is 7.00. The Kier molecular flexibility index (Phi) is 9.24. The summed E-state index contributed by atoms with van der Waals surface area (Å²) in [4.78, 5) is 36.4. The van der Waals surface area contributed by atoms with Gasteiger partial charge >= 0.3 is 0 Å². The number of hydrogen-bond donors (Lipinski definition) is 5. The zero-order chi connectivity index (χ0) is 35.1. The van der Waals surface area contributed by atoms with E-state index >= 15 is 0 Å². The van der Waals surface area contributed by atoms with Gasteiger partial charge in [0.05, 0.1) is 21.4 Å². The average Bonchev–Trinajstić information content (AvgIpc) is 3.92. The number of carbonyl (C=O) groups excluding carboxylic acids is 2. The quantitative estimate of drug-likeness (QED) is 0.104. The van der Waals surface area contributed by atoms with Crippen LogP contribution in [0.2, 0.25) is 10.0 Å². The zero-order valence-electron chi connectivity index (χ0n) is 28.2. The van der Waals surface area contributed by atoms with E-state index < -0.39 is 0 Å². The van der Waals surface area contributed by atoms with Crippen molar-refractivity contribution in [3.8, 4) is 33.6 Å². The monoisotopic (exact) mass is 720 g/mol. The Morgan fingerprint density at radius 3 is 1.86 bits per heavy atom. The van der Waals surface area contributed by atoms with Gasteiger partial charge in [-0.05, 0) is 48.2 Å². The van der Waals surface area contributed by atoms with Crippen molar-refractivity contribution in [2.75, 3.05) is 13.1 Å². The lowest BCUT2D eigenvalue weighted by Crippen LogP contribution is -2.35. The number of H-pyrrole nitrogens is 1. The zero-order valence-corrected chi connectivity index (χ0v) is 29.7. The fraction of sp³-hybridized carbons (Fsp3) is 0.282. The summed E-state index contributed by atoms with van der Waals surface area (Å²) < 4.78 is 2.04. The number of pyridine rings is 2. The summed E-state index contributed by atoms with van der Waals surface area (Å²) in [6.45, 7) is 2.82. The maximum Gasteiger partial charge on any atom is 0.220 e. The largest absolute Gasteiger partial charge is 0.352 e. The first-order valence-electron chi connectivity index (χ1n) is 17.3. The van der Waals surface area contributed by atoms with Gasteiger partial charge in [0.15, 0.2) is 0 Å². The van der Waals surface area contributed by atoms with Crippen molar-refractivity contribution >= 4 is 57.1 Å². The van der Waals surface area contributed by atoms with Crippen LogP contribution in [-0.2, 0) is 29.7 Å². The highest BCUT2D eigenvalue weighted by Gasteiger charge is 2.22. The van der Waals surface area contributed by atoms with Crippen LogP contribution in [0.15, 0.2) is 73.1 Å². The molecule has 2 aromatic carbocycles. The van der Waals surface area contributed by atoms with Gasteiger partial charge in [-0.1, -0.05) is 59.6 Å². The molecule has 0 aliphatic carbocycles. The fourth-order valence-electron chi connectivity index (χ4n) is 7.28. The number of benzene rings is 2. The lowest BCUT2D eigenvalue weighted by atomic mass is 9.98. The lowest BCUT2D eigenvalue weighted by molar-refractivity contribution is -0.120. The molecule has 6 heterocycles. The average molecular weight is 722 g/mol. The van der Waals surface area contributed by atoms with E-state index in [4.69, 9.17) is 33.2 Å². The molecule has 2 aliphatic heterocycles. The molecule has 260 valence electrons. The summed E-state index contributed by atoms with van der Waals surface area (Å²) in [5, 5.41) is 16.2. The minimum absolute atomic E-state index is 0.123. The maximum absolute atomic E-state index is 11.5. The van der Waals surface area contributed by atoms with Crippen LogP contribution < -0.4 is 21.3 Å². The molecule has 5 N–H and O–H groups in total. The topological polar surface area (TPSA) is 129 Å². The van der Waals surface area contributed by atoms with Crippen molar-refractivity contribution in [1.82, 2.24) is 40.8 Å². The third-order valence-corrected chi connectivity index (χ3v) is 10.8. The number of nitrogens with zero attached hydrogens (tertiary/aromatic N) is 3. The first kappa shape index (κ1) is 33.4. The van der Waals surface area contributed by atoms with Crippen molar-refractivity contribution in [3.05, 3.63) is 94.2 Å². The number of aromatic amines is 1. The van der Waals surface area contributed by atoms with Crippen molar-refractivity contribution in [1.29, 1.82) is 0 Å². The molecule has 0 spiro atoms. The van der Waals surface area contributed by atoms with Crippen molar-refractivity contribution in [3.63, 3.8) is 0 Å². The van der Waals surface area contributed by atoms with E-state index in [1.807, 2.05) is 66.3 Å². The van der Waals surface area contributed by atoms with Crippen LogP contribution in [0.4, 0.5) is 0 Å². The highest BCUT2D eigenvalue weighted by atomic mass is 35.5. The van der Waals surface area contributed by atoms with Gasteiger partial charge < -0.3 is 30.8 Å². The van der Waals surface area contributed by atoms with Crippen LogP contribution in [-0.4, -0.2) is 56.5 Å². The standard InChI is InChI=1S/C39H38Cl2N8O2/c1-49-21-23(17-43-20-25-9-15-35(51)46-25)27-11-13-33(48-39(27)49)31-7-3-5-29(37(31)41)28-4-2-6-30(36(28)40)32-12-10-26-22(18-44-38(26)47-32)16-42-19-24-8-14-34(50)45-24/h2-7,10-13,18,21,24-25,42-43H,8-9,14-17,19-20H2,1H3,(H,44,47)(H,45,50)(H,46,51)/t24-,25-/m0/s1. The Labute approximate surface area is 305 Å². The van der Waals surface area contributed by atoms with Gasteiger partial charge in [0.1, 0.15) is 11.3 Å². The van der Waals surface area contributed by atoms with Gasteiger partial charge in [-0.3, -0.25) is 9.59 Å². The van der Waals surface area contributed by atoms with Crippen LogP contribution in [0, 0.1) is 0 Å². The maximum atomic E-state index is 11.5. The molecule has 8 rings (SSSR count). The van der Waals surface area contributed by atoms with Gasteiger partial charge in [0, 0.05) is 104 Å². The van der Waals surface area contributed by atoms with Gasteiger partial charge in [-0.25, -0.2) is 9.97 Å². The molecular formula is C39H38Cl2N8O2. The Bertz CT molecular complexity index is 2300. The predicted molar refractivity (Wildman–Crippen MR) is 202 cm³/mol. The molecule has 2 fully saturated rings. The number of nitrogens with one attached hydrogen (secondary N) is 5. The Morgan fingerprint density at radius 2 is 1.27 bits per heavy atom. The van der Waals surface area contributed by atoms with Gasteiger partial charge in [0.2, 0.25) is 11.8 Å². The number of hydrogen-bond acceptors (Lipinski definition) is 6. The third kappa shape index (κ3) is 6.72. The SMILES string of the molecule is Cn1cc(CNC[C@@H]2CCC(=O)N2)c2ccc(-c3cccc(-c4cccc(-c5ccc6c(CNC[C@@H]7CCC(=O)N7)c[nH]c6n5)c4Cl)c3Cl)nc21. The van der Waals surface area contributed by atoms with E-state index in [-0.39, 0.29) is 23.9 Å². The Morgan fingerprint density at radius 1 is 0.725 bits per heavy atom. The number of amides is 2. The third-order valence-electron chi connectivity index (χ3n) is 9.95. The van der Waals surface area contributed by atoms with Crippen molar-refractivity contribution in [2.45, 2.75) is 50.9 Å². The van der Waals surface area contributed by atoms with E-state index in [0.717, 1.165) is 92.8 Å². The molecule has 2 saturated heterocycles. The number of aryl methyl sites for hydroxylation is 1. The molecule has 0 unspecified atom stereocenters. The number of fused-ring (bicyclic) bond motifs is 2. The van der Waals surface area contributed by atoms with Crippen LogP contribution >= 0.6 is 23.2 Å². The van der Waals surface area contributed by atoms with Crippen LogP contribution in [0.1, 0.15) is 36.8 Å². The molecule has 2 amide bonds. The van der Waals surface area contributed by atoms with Gasteiger partial charge in [0.25, 0.3) is 0 Å². The molecule has 10 nitrogen and oxygen atoms in total. The molecule has 2 aliphatic rings. The molecule has 12 heteroatoms. The first-order valence-corrected chi connectivity index (χ1v) is 18.1. The Balaban J connectivity index is 1.02. The normalized spacial score (nSPS) is 17.5. The van der Waals surface area contributed by atoms with Gasteiger partial charge in [-0.15, -0.1) is 0 Å². The second kappa shape index (κ2) is 14.1. The van der Waals surface area contributed by atoms with Gasteiger partial charge in [-0.2, -0.15) is 0 Å². The minimum atomic E-state index is 0.123. The summed E-state index contributed by atoms with van der Waals surface area (Å²) in [5.74, 6) is 0.249. The smallest absolute Gasteiger partial charge is 0.220 e. The van der Waals surface area contributed by atoms with E-state index in [1.165, 1.54) is 0 Å². The van der Waals surface area contributed by atoms with Crippen LogP contribution in [0.25, 0.3) is 55.7 Å². The molecule has 4 aromatic heterocycles. The molecule has 2 atom stereocenters. The molecular weight excluding hydrogens is 683 g/mol. The van der Waals surface area contributed by atoms with E-state index in [1.54, 1.807) is 0 Å². The predicted octanol–water partition coefficient (Wildman–Crippen LogP) is 6.49. The van der Waals surface area contributed by atoms with Crippen LogP contribution in [0.3, 0.4) is 0 Å². The second-order valence-electron chi connectivity index (χ2n) is 13.4. The van der Waals surface area contributed by atoms with Crippen molar-refractivity contribution < 1.29 is 9.59 Å². The molecule has 51 heavy (non-hydrogen) atoms. The lowest BCUT2D eigenvalue weighted by Gasteiger charge is -2.14. The number of halogens is 2. The van der Waals surface area contributed by atoms with E-state index in [2.05, 4.69) is 44.6 Å². The first-order chi connectivity index (χ1) is 24.8. The summed E-state index contributed by atoms with van der Waals surface area (Å²) in [6, 6.07) is 20.4. The fourth-order valence-corrected chi connectivity index (χ4v) is 7.93. The summed E-state index contributed by atoms with van der Waals surface area (Å²) >= 11 is 14.3. The van der Waals surface area contributed by atoms with E-state index in [0.29, 0.717) is 36.0 Å². The number of carbonyl (C=O) groups is 2. The molecule has 0 radical (unpaired) electrons. The number of rotatable bonds is 11. The van der Waals surface area contributed by atoms with E-state index in [9.17, 15) is 9.59 Å². The molecule has 6 aromatic rings. The minimum Gasteiger partial charge on any atom is -0.352 e. The van der Waals surface area contributed by atoms with Crippen LogP contribution in [0.5, 0.6) is 0 Å². The molecule has 0 bridgehead atoms. The summed E-state index contributed by atoms with van der Waals surface area (Å²) in [5.41, 5.74) is 8.68. The molecule has 0 saturated carbocycles. The Hall–Kier alpha value is -4.74. The van der Waals surface area contributed by atoms with Crippen molar-refractivity contribution in [2.24, 2.45) is 7.05 Å².